The standard InChI is InChI=1S/C31H38N4O7S/c1-21(2)18-32-31(37)24(5)33(19-25-9-7-8-22(3)16-25)30(36)20-34(26-11-13-27(42-6)14-12-26)43(40,41)28-15-10-23(4)29(17-28)35(38)39/h7-17,21,24H,18-20H2,1-6H3,(H,32,37)/t24-/m1/s1. The summed E-state index contributed by atoms with van der Waals surface area (Å²) in [4.78, 5) is 39.1. The molecule has 0 saturated heterocycles. The summed E-state index contributed by atoms with van der Waals surface area (Å²) in [6.45, 7) is 8.73. The van der Waals surface area contributed by atoms with Crippen LogP contribution >= 0.6 is 0 Å². The Labute approximate surface area is 252 Å². The summed E-state index contributed by atoms with van der Waals surface area (Å²) in [5, 5.41) is 14.4. The van der Waals surface area contributed by atoms with Crippen LogP contribution in [0.5, 0.6) is 5.75 Å². The maximum atomic E-state index is 14.0. The molecular weight excluding hydrogens is 572 g/mol. The molecule has 11 nitrogen and oxygen atoms in total. The third-order valence-electron chi connectivity index (χ3n) is 6.89. The minimum atomic E-state index is -4.48. The van der Waals surface area contributed by atoms with Crippen LogP contribution in [0.25, 0.3) is 0 Å². The third-order valence-corrected chi connectivity index (χ3v) is 8.66. The Hall–Kier alpha value is -4.45. The molecule has 12 heteroatoms. The Bertz CT molecular complexity index is 1570. The number of carbonyl (C=O) groups is 2. The van der Waals surface area contributed by atoms with Gasteiger partial charge in [0.25, 0.3) is 15.7 Å². The van der Waals surface area contributed by atoms with Crippen molar-refractivity contribution in [2.75, 3.05) is 24.5 Å². The number of sulfonamides is 1. The highest BCUT2D eigenvalue weighted by molar-refractivity contribution is 7.92. The van der Waals surface area contributed by atoms with Gasteiger partial charge in [-0.25, -0.2) is 8.42 Å². The predicted octanol–water partition coefficient (Wildman–Crippen LogP) is 4.61. The lowest BCUT2D eigenvalue weighted by molar-refractivity contribution is -0.385. The van der Waals surface area contributed by atoms with Gasteiger partial charge in [0.15, 0.2) is 0 Å². The zero-order chi connectivity index (χ0) is 31.9. The first-order chi connectivity index (χ1) is 20.2. The second-order valence-electron chi connectivity index (χ2n) is 10.7. The van der Waals surface area contributed by atoms with Crippen LogP contribution in [0.1, 0.15) is 37.5 Å². The van der Waals surface area contributed by atoms with Crippen molar-refractivity contribution in [3.63, 3.8) is 0 Å². The fraction of sp³-hybridized carbons (Fsp3) is 0.355. The van der Waals surface area contributed by atoms with Crippen molar-refractivity contribution in [1.29, 1.82) is 0 Å². The van der Waals surface area contributed by atoms with E-state index in [1.54, 1.807) is 19.1 Å². The fourth-order valence-corrected chi connectivity index (χ4v) is 5.83. The van der Waals surface area contributed by atoms with E-state index in [0.29, 0.717) is 17.9 Å². The lowest BCUT2D eigenvalue weighted by Crippen LogP contribution is -2.51. The molecule has 1 atom stereocenters. The summed E-state index contributed by atoms with van der Waals surface area (Å²) in [5.74, 6) is -0.348. The van der Waals surface area contributed by atoms with Crippen molar-refractivity contribution in [3.8, 4) is 5.75 Å². The Morgan fingerprint density at radius 3 is 2.26 bits per heavy atom. The van der Waals surface area contributed by atoms with Gasteiger partial charge in [-0.05, 0) is 62.6 Å². The van der Waals surface area contributed by atoms with Gasteiger partial charge in [-0.2, -0.15) is 0 Å². The Kier molecular flexibility index (Phi) is 10.9. The molecule has 0 unspecified atom stereocenters. The summed E-state index contributed by atoms with van der Waals surface area (Å²) in [5.41, 5.74) is 1.81. The van der Waals surface area contributed by atoms with Gasteiger partial charge in [-0.1, -0.05) is 49.7 Å². The van der Waals surface area contributed by atoms with Crippen molar-refractivity contribution >= 4 is 33.2 Å². The molecule has 1 N–H and O–H groups in total. The second kappa shape index (κ2) is 14.1. The van der Waals surface area contributed by atoms with E-state index in [4.69, 9.17) is 4.74 Å². The lowest BCUT2D eigenvalue weighted by atomic mass is 10.1. The first-order valence-electron chi connectivity index (χ1n) is 13.8. The minimum absolute atomic E-state index is 0.0588. The van der Waals surface area contributed by atoms with Gasteiger partial charge in [0.05, 0.1) is 22.6 Å². The number of aryl methyl sites for hydroxylation is 2. The van der Waals surface area contributed by atoms with Crippen LogP contribution in [0.2, 0.25) is 0 Å². The number of hydrogen-bond donors (Lipinski definition) is 1. The molecule has 0 fully saturated rings. The number of nitrogens with zero attached hydrogens (tertiary/aromatic N) is 3. The van der Waals surface area contributed by atoms with Gasteiger partial charge < -0.3 is 15.0 Å². The van der Waals surface area contributed by atoms with E-state index in [1.807, 2.05) is 45.0 Å². The first kappa shape index (κ1) is 33.1. The summed E-state index contributed by atoms with van der Waals surface area (Å²) >= 11 is 0. The zero-order valence-corrected chi connectivity index (χ0v) is 26.1. The smallest absolute Gasteiger partial charge is 0.273 e. The molecule has 3 rings (SSSR count). The number of benzene rings is 3. The molecule has 0 saturated carbocycles. The van der Waals surface area contributed by atoms with Gasteiger partial charge in [0.1, 0.15) is 18.3 Å². The molecule has 0 aliphatic carbocycles. The summed E-state index contributed by atoms with van der Waals surface area (Å²) in [6, 6.07) is 16.2. The van der Waals surface area contributed by atoms with Crippen molar-refractivity contribution < 1.29 is 27.7 Å². The first-order valence-corrected chi connectivity index (χ1v) is 15.2. The molecule has 0 spiro atoms. The van der Waals surface area contributed by atoms with Gasteiger partial charge in [0.2, 0.25) is 11.8 Å². The summed E-state index contributed by atoms with van der Waals surface area (Å²) < 4.78 is 34.2. The maximum absolute atomic E-state index is 14.0. The van der Waals surface area contributed by atoms with Gasteiger partial charge in [-0.15, -0.1) is 0 Å². The van der Waals surface area contributed by atoms with Gasteiger partial charge in [-0.3, -0.25) is 24.0 Å². The summed E-state index contributed by atoms with van der Waals surface area (Å²) in [6.07, 6.45) is 0. The average Bonchev–Trinajstić information content (AvgIpc) is 2.96. The Morgan fingerprint density at radius 2 is 1.67 bits per heavy atom. The topological polar surface area (TPSA) is 139 Å². The Morgan fingerprint density at radius 1 is 1.00 bits per heavy atom. The highest BCUT2D eigenvalue weighted by Gasteiger charge is 2.33. The largest absolute Gasteiger partial charge is 0.497 e. The van der Waals surface area contributed by atoms with Gasteiger partial charge in [0, 0.05) is 24.7 Å². The van der Waals surface area contributed by atoms with E-state index in [2.05, 4.69) is 5.32 Å². The second-order valence-corrected chi connectivity index (χ2v) is 12.6. The minimum Gasteiger partial charge on any atom is -0.497 e. The molecule has 0 heterocycles. The third kappa shape index (κ3) is 8.31. The van der Waals surface area contributed by atoms with E-state index in [-0.39, 0.29) is 34.6 Å². The van der Waals surface area contributed by atoms with Crippen LogP contribution in [0.3, 0.4) is 0 Å². The van der Waals surface area contributed by atoms with Crippen LogP contribution in [0, 0.1) is 29.9 Å². The van der Waals surface area contributed by atoms with E-state index < -0.39 is 33.4 Å². The predicted molar refractivity (Wildman–Crippen MR) is 164 cm³/mol. The number of rotatable bonds is 13. The van der Waals surface area contributed by atoms with Crippen molar-refractivity contribution in [2.24, 2.45) is 5.92 Å². The number of hydrogen-bond acceptors (Lipinski definition) is 7. The average molecular weight is 611 g/mol. The number of nitrogens with one attached hydrogen (secondary N) is 1. The van der Waals surface area contributed by atoms with Crippen molar-refractivity contribution in [1.82, 2.24) is 10.2 Å². The zero-order valence-electron chi connectivity index (χ0n) is 25.2. The number of amides is 2. The van der Waals surface area contributed by atoms with Crippen molar-refractivity contribution in [3.05, 3.63) is 93.5 Å². The molecule has 230 valence electrons. The number of carbonyl (C=O) groups excluding carboxylic acids is 2. The molecule has 43 heavy (non-hydrogen) atoms. The molecule has 0 aromatic heterocycles. The molecule has 0 bridgehead atoms. The number of nitro groups is 1. The van der Waals surface area contributed by atoms with Gasteiger partial charge >= 0.3 is 0 Å². The molecule has 0 aliphatic rings. The Balaban J connectivity index is 2.08. The number of anilines is 1. The van der Waals surface area contributed by atoms with Crippen LogP contribution in [0.15, 0.2) is 71.6 Å². The highest BCUT2D eigenvalue weighted by Crippen LogP contribution is 2.29. The van der Waals surface area contributed by atoms with E-state index in [0.717, 1.165) is 21.5 Å². The van der Waals surface area contributed by atoms with E-state index >= 15 is 0 Å². The SMILES string of the molecule is COc1ccc(N(CC(=O)N(Cc2cccc(C)c2)[C@H](C)C(=O)NCC(C)C)S(=O)(=O)c2ccc(C)c([N+](=O)[O-])c2)cc1. The summed E-state index contributed by atoms with van der Waals surface area (Å²) in [7, 11) is -3.02. The van der Waals surface area contributed by atoms with Crippen molar-refractivity contribution in [2.45, 2.75) is 52.1 Å². The molecule has 3 aromatic rings. The van der Waals surface area contributed by atoms with Crippen LogP contribution in [0.4, 0.5) is 11.4 Å². The molecule has 2 amide bonds. The monoisotopic (exact) mass is 610 g/mol. The molecular formula is C31H38N4O7S. The molecule has 3 aromatic carbocycles. The molecule has 0 aliphatic heterocycles. The highest BCUT2D eigenvalue weighted by atomic mass is 32.2. The quantitative estimate of drug-likeness (QED) is 0.220. The normalized spacial score (nSPS) is 12.0. The molecule has 0 radical (unpaired) electrons. The lowest BCUT2D eigenvalue weighted by Gasteiger charge is -2.32. The number of methoxy groups -OCH3 is 1. The van der Waals surface area contributed by atoms with E-state index in [9.17, 15) is 28.1 Å². The van der Waals surface area contributed by atoms with E-state index in [1.165, 1.54) is 43.2 Å². The number of nitro benzene ring substituents is 1. The van der Waals surface area contributed by atoms with Crippen LogP contribution in [-0.4, -0.2) is 56.3 Å². The van der Waals surface area contributed by atoms with Crippen LogP contribution in [-0.2, 0) is 26.2 Å². The fourth-order valence-electron chi connectivity index (χ4n) is 4.39. The van der Waals surface area contributed by atoms with Crippen LogP contribution < -0.4 is 14.4 Å². The maximum Gasteiger partial charge on any atom is 0.273 e. The number of ether oxygens (including phenoxy) is 1.